The SMILES string of the molecule is CCC(C)c1ccc(OC(CSC(C)=O)OC2c3ccccc3-c3ccccc32)cc1. The monoisotopic (exact) mass is 432 g/mol. The Morgan fingerprint density at radius 1 is 0.935 bits per heavy atom. The highest BCUT2D eigenvalue weighted by atomic mass is 32.2. The Bertz CT molecular complexity index is 999. The van der Waals surface area contributed by atoms with Crippen molar-refractivity contribution < 1.29 is 14.3 Å². The Kier molecular flexibility index (Phi) is 6.79. The van der Waals surface area contributed by atoms with Crippen molar-refractivity contribution in [3.63, 3.8) is 0 Å². The van der Waals surface area contributed by atoms with E-state index in [0.717, 1.165) is 23.3 Å². The second-order valence-corrected chi connectivity index (χ2v) is 9.12. The third-order valence-electron chi connectivity index (χ3n) is 5.82. The molecular weight excluding hydrogens is 404 g/mol. The predicted molar refractivity (Wildman–Crippen MR) is 128 cm³/mol. The second-order valence-electron chi connectivity index (χ2n) is 7.92. The van der Waals surface area contributed by atoms with Crippen molar-refractivity contribution in [2.75, 3.05) is 5.75 Å². The second kappa shape index (κ2) is 9.71. The summed E-state index contributed by atoms with van der Waals surface area (Å²) >= 11 is 1.23. The zero-order valence-electron chi connectivity index (χ0n) is 18.2. The van der Waals surface area contributed by atoms with Gasteiger partial charge in [0.15, 0.2) is 5.12 Å². The van der Waals surface area contributed by atoms with Gasteiger partial charge in [0.1, 0.15) is 11.9 Å². The number of fused-ring (bicyclic) bond motifs is 3. The van der Waals surface area contributed by atoms with Crippen LogP contribution in [0, 0.1) is 0 Å². The lowest BCUT2D eigenvalue weighted by molar-refractivity contribution is -0.109. The van der Waals surface area contributed by atoms with Crippen molar-refractivity contribution in [2.45, 2.75) is 45.5 Å². The van der Waals surface area contributed by atoms with Gasteiger partial charge >= 0.3 is 0 Å². The summed E-state index contributed by atoms with van der Waals surface area (Å²) < 4.78 is 12.8. The van der Waals surface area contributed by atoms with Crippen LogP contribution >= 0.6 is 11.8 Å². The quantitative estimate of drug-likeness (QED) is 0.360. The van der Waals surface area contributed by atoms with E-state index in [1.165, 1.54) is 28.5 Å². The van der Waals surface area contributed by atoms with Gasteiger partial charge in [0.25, 0.3) is 0 Å². The fourth-order valence-electron chi connectivity index (χ4n) is 3.96. The molecule has 2 unspecified atom stereocenters. The normalized spacial score (nSPS) is 14.5. The first kappa shape index (κ1) is 21.7. The van der Waals surface area contributed by atoms with E-state index in [1.54, 1.807) is 6.92 Å². The third-order valence-corrected chi connectivity index (χ3v) is 6.66. The Morgan fingerprint density at radius 3 is 2.06 bits per heavy atom. The lowest BCUT2D eigenvalue weighted by Crippen LogP contribution is -2.26. The van der Waals surface area contributed by atoms with Gasteiger partial charge in [-0.1, -0.05) is 86.3 Å². The topological polar surface area (TPSA) is 35.5 Å². The van der Waals surface area contributed by atoms with Crippen LogP contribution in [0.3, 0.4) is 0 Å². The summed E-state index contributed by atoms with van der Waals surface area (Å²) in [6.07, 6.45) is 0.332. The van der Waals surface area contributed by atoms with Crippen molar-refractivity contribution >= 4 is 16.9 Å². The van der Waals surface area contributed by atoms with E-state index in [9.17, 15) is 4.79 Å². The molecule has 0 aromatic heterocycles. The summed E-state index contributed by atoms with van der Waals surface area (Å²) in [5, 5.41) is 0.0524. The highest BCUT2D eigenvalue weighted by Crippen LogP contribution is 2.45. The largest absolute Gasteiger partial charge is 0.464 e. The predicted octanol–water partition coefficient (Wildman–Crippen LogP) is 6.97. The minimum absolute atomic E-state index is 0.0524. The van der Waals surface area contributed by atoms with Crippen LogP contribution in [0.1, 0.15) is 55.9 Å². The highest BCUT2D eigenvalue weighted by Gasteiger charge is 2.31. The molecule has 0 saturated heterocycles. The van der Waals surface area contributed by atoms with Gasteiger partial charge in [0.05, 0.1) is 5.75 Å². The Labute approximate surface area is 188 Å². The van der Waals surface area contributed by atoms with Crippen LogP contribution in [-0.4, -0.2) is 17.2 Å². The van der Waals surface area contributed by atoms with Crippen molar-refractivity contribution in [1.29, 1.82) is 0 Å². The lowest BCUT2D eigenvalue weighted by atomic mass is 9.99. The molecule has 160 valence electrons. The number of thioether (sulfide) groups is 1. The molecule has 3 aromatic carbocycles. The van der Waals surface area contributed by atoms with Crippen LogP contribution in [0.15, 0.2) is 72.8 Å². The van der Waals surface area contributed by atoms with Crippen molar-refractivity contribution in [3.8, 4) is 16.9 Å². The lowest BCUT2D eigenvalue weighted by Gasteiger charge is -2.24. The zero-order valence-corrected chi connectivity index (χ0v) is 19.0. The van der Waals surface area contributed by atoms with Gasteiger partial charge in [-0.2, -0.15) is 0 Å². The van der Waals surface area contributed by atoms with Crippen LogP contribution in [0.25, 0.3) is 11.1 Å². The maximum absolute atomic E-state index is 11.6. The minimum atomic E-state index is -0.549. The molecule has 31 heavy (non-hydrogen) atoms. The van der Waals surface area contributed by atoms with Crippen LogP contribution in [0.2, 0.25) is 0 Å². The smallest absolute Gasteiger partial charge is 0.210 e. The Balaban J connectivity index is 1.58. The first-order valence-corrected chi connectivity index (χ1v) is 11.8. The molecule has 0 amide bonds. The molecule has 3 nitrogen and oxygen atoms in total. The van der Waals surface area contributed by atoms with Crippen LogP contribution < -0.4 is 4.74 Å². The summed E-state index contributed by atoms with van der Waals surface area (Å²) in [6, 6.07) is 24.9. The number of carbonyl (C=O) groups excluding carboxylic acids is 1. The van der Waals surface area contributed by atoms with E-state index in [-0.39, 0.29) is 11.2 Å². The van der Waals surface area contributed by atoms with E-state index >= 15 is 0 Å². The molecule has 1 aliphatic rings. The maximum atomic E-state index is 11.6. The van der Waals surface area contributed by atoms with Gasteiger partial charge in [-0.3, -0.25) is 4.79 Å². The van der Waals surface area contributed by atoms with Gasteiger partial charge < -0.3 is 9.47 Å². The van der Waals surface area contributed by atoms with Crippen LogP contribution in [-0.2, 0) is 9.53 Å². The summed E-state index contributed by atoms with van der Waals surface area (Å²) in [6.45, 7) is 5.98. The third kappa shape index (κ3) is 4.86. The molecule has 0 radical (unpaired) electrons. The molecular formula is C27H28O3S. The number of hydrogen-bond donors (Lipinski definition) is 0. The van der Waals surface area contributed by atoms with Crippen LogP contribution in [0.5, 0.6) is 5.75 Å². The van der Waals surface area contributed by atoms with E-state index in [4.69, 9.17) is 9.47 Å². The molecule has 1 aliphatic carbocycles. The first-order chi connectivity index (χ1) is 15.1. The average Bonchev–Trinajstić information content (AvgIpc) is 3.11. The summed E-state index contributed by atoms with van der Waals surface area (Å²) in [5.41, 5.74) is 5.96. The van der Waals surface area contributed by atoms with Gasteiger partial charge in [-0.05, 0) is 52.3 Å². The Hall–Kier alpha value is -2.56. The molecule has 0 spiro atoms. The molecule has 0 fully saturated rings. The van der Waals surface area contributed by atoms with E-state index < -0.39 is 6.29 Å². The van der Waals surface area contributed by atoms with Crippen molar-refractivity contribution in [2.24, 2.45) is 0 Å². The van der Waals surface area contributed by atoms with Gasteiger partial charge in [0.2, 0.25) is 6.29 Å². The number of hydrogen-bond acceptors (Lipinski definition) is 4. The van der Waals surface area contributed by atoms with Crippen molar-refractivity contribution in [1.82, 2.24) is 0 Å². The van der Waals surface area contributed by atoms with Crippen LogP contribution in [0.4, 0.5) is 0 Å². The molecule has 3 aromatic rings. The fourth-order valence-corrected chi connectivity index (χ4v) is 4.47. The molecule has 2 atom stereocenters. The summed E-state index contributed by atoms with van der Waals surface area (Å²) in [4.78, 5) is 11.6. The highest BCUT2D eigenvalue weighted by molar-refractivity contribution is 8.13. The number of ether oxygens (including phenoxy) is 2. The molecule has 0 bridgehead atoms. The zero-order chi connectivity index (χ0) is 21.8. The molecule has 4 rings (SSSR count). The molecule has 0 saturated carbocycles. The molecule has 4 heteroatoms. The summed E-state index contributed by atoms with van der Waals surface area (Å²) in [7, 11) is 0. The summed E-state index contributed by atoms with van der Waals surface area (Å²) in [5.74, 6) is 1.70. The fraction of sp³-hybridized carbons (Fsp3) is 0.296. The van der Waals surface area contributed by atoms with E-state index in [0.29, 0.717) is 11.7 Å². The molecule has 0 N–H and O–H groups in total. The number of benzene rings is 3. The standard InChI is InChI=1S/C27H28O3S/c1-4-18(2)20-13-15-21(16-14-20)29-26(17-31-19(3)28)30-27-24-11-7-5-9-22(24)23-10-6-8-12-25(23)27/h5-16,18,26-27H,4,17H2,1-3H3. The number of rotatable bonds is 8. The maximum Gasteiger partial charge on any atom is 0.210 e. The van der Waals surface area contributed by atoms with Crippen molar-refractivity contribution in [3.05, 3.63) is 89.5 Å². The molecule has 0 heterocycles. The Morgan fingerprint density at radius 2 is 1.52 bits per heavy atom. The van der Waals surface area contributed by atoms with Gasteiger partial charge in [-0.15, -0.1) is 0 Å². The average molecular weight is 433 g/mol. The van der Waals surface area contributed by atoms with E-state index in [1.807, 2.05) is 24.3 Å². The molecule has 0 aliphatic heterocycles. The van der Waals surface area contributed by atoms with Gasteiger partial charge in [-0.25, -0.2) is 0 Å². The minimum Gasteiger partial charge on any atom is -0.464 e. The number of carbonyl (C=O) groups is 1. The van der Waals surface area contributed by atoms with E-state index in [2.05, 4.69) is 62.4 Å². The first-order valence-electron chi connectivity index (χ1n) is 10.8. The van der Waals surface area contributed by atoms with Gasteiger partial charge in [0, 0.05) is 6.92 Å².